The van der Waals surface area contributed by atoms with Crippen molar-refractivity contribution in [1.29, 1.82) is 0 Å². The fraction of sp³-hybridized carbons (Fsp3) is 0.500. The van der Waals surface area contributed by atoms with Gasteiger partial charge >= 0.3 is 0 Å². The van der Waals surface area contributed by atoms with Crippen molar-refractivity contribution < 1.29 is 14.2 Å². The van der Waals surface area contributed by atoms with Gasteiger partial charge in [0, 0.05) is 21.0 Å². The van der Waals surface area contributed by atoms with Crippen LogP contribution in [-0.4, -0.2) is 30.9 Å². The lowest BCUT2D eigenvalue weighted by Gasteiger charge is -2.00. The van der Waals surface area contributed by atoms with Crippen LogP contribution in [0.25, 0.3) is 0 Å². The number of nitrogens with zero attached hydrogens (tertiary/aromatic N) is 1. The minimum atomic E-state index is -0.297. The van der Waals surface area contributed by atoms with E-state index in [1.165, 1.54) is 14.1 Å². The van der Waals surface area contributed by atoms with Crippen LogP contribution in [0.1, 0.15) is 33.7 Å². The molecule has 1 aromatic heterocycles. The van der Waals surface area contributed by atoms with Crippen molar-refractivity contribution in [3.8, 4) is 0 Å². The van der Waals surface area contributed by atoms with Gasteiger partial charge in [-0.25, -0.2) is 9.55 Å². The van der Waals surface area contributed by atoms with Crippen LogP contribution < -0.4 is 15.2 Å². The number of aromatic nitrogens is 2. The molecule has 0 aliphatic rings. The second-order valence-corrected chi connectivity index (χ2v) is 3.34. The first-order chi connectivity index (χ1) is 7.56. The van der Waals surface area contributed by atoms with Gasteiger partial charge in [0.05, 0.1) is 6.54 Å². The lowest BCUT2D eigenvalue weighted by Crippen LogP contribution is -2.43. The molecule has 0 radical (unpaired) electrons. The number of rotatable bonds is 3. The summed E-state index contributed by atoms with van der Waals surface area (Å²) in [4.78, 5) is 26.2. The summed E-state index contributed by atoms with van der Waals surface area (Å²) in [5.74, 6) is 0.207. The summed E-state index contributed by atoms with van der Waals surface area (Å²) in [6.45, 7) is 4.37. The molecule has 1 aromatic rings. The number of aromatic amines is 1. The van der Waals surface area contributed by atoms with Crippen molar-refractivity contribution in [2.24, 2.45) is 0 Å². The number of hydrogen-bond donors (Lipinski definition) is 3. The van der Waals surface area contributed by atoms with Crippen LogP contribution >= 0.6 is 0 Å². The van der Waals surface area contributed by atoms with Gasteiger partial charge in [-0.05, 0) is 6.92 Å². The van der Waals surface area contributed by atoms with Crippen LogP contribution in [0.5, 0.6) is 0 Å². The van der Waals surface area contributed by atoms with E-state index in [9.17, 15) is 9.59 Å². The molecular formula is C10H17N4O2+. The molecule has 0 unspecified atom stereocenters. The van der Waals surface area contributed by atoms with Crippen LogP contribution in [-0.2, 0) is 6.54 Å². The van der Waals surface area contributed by atoms with Gasteiger partial charge in [0.25, 0.3) is 17.6 Å². The number of nitrogens with one attached hydrogen (secondary N) is 3. The van der Waals surface area contributed by atoms with E-state index in [1.54, 1.807) is 4.57 Å². The maximum atomic E-state index is 11.7. The largest absolute Gasteiger partial charge is 0.352 e. The van der Waals surface area contributed by atoms with Gasteiger partial charge in [-0.1, -0.05) is 0 Å². The maximum Gasteiger partial charge on any atom is 0.295 e. The van der Waals surface area contributed by atoms with Crippen molar-refractivity contribution in [2.45, 2.75) is 20.4 Å². The topological polar surface area (TPSA) is 77.9 Å². The predicted molar refractivity (Wildman–Crippen MR) is 58.2 cm³/mol. The highest BCUT2D eigenvalue weighted by Gasteiger charge is 2.30. The third-order valence-corrected chi connectivity index (χ3v) is 2.43. The Kier molecular flexibility index (Phi) is 3.65. The quantitative estimate of drug-likeness (QED) is 0.598. The Morgan fingerprint density at radius 1 is 1.25 bits per heavy atom. The highest BCUT2D eigenvalue weighted by molar-refractivity contribution is 6.03. The normalized spacial score (nSPS) is 10.0. The predicted octanol–water partition coefficient (Wildman–Crippen LogP) is -0.650. The summed E-state index contributed by atoms with van der Waals surface area (Å²) in [6, 6.07) is 0. The SMILES string of the molecule is CC[n+]1c(C)[nH]c(C(=O)NC)c1C(=O)NC. The van der Waals surface area contributed by atoms with Crippen LogP contribution in [0.3, 0.4) is 0 Å². The second-order valence-electron chi connectivity index (χ2n) is 3.34. The molecule has 6 heteroatoms. The van der Waals surface area contributed by atoms with Crippen LogP contribution in [0.4, 0.5) is 0 Å². The Morgan fingerprint density at radius 3 is 2.25 bits per heavy atom. The third kappa shape index (κ3) is 1.91. The number of H-pyrrole nitrogens is 1. The van der Waals surface area contributed by atoms with E-state index in [1.807, 2.05) is 13.8 Å². The fourth-order valence-electron chi connectivity index (χ4n) is 1.65. The van der Waals surface area contributed by atoms with E-state index >= 15 is 0 Å². The molecule has 0 aromatic carbocycles. The van der Waals surface area contributed by atoms with Crippen molar-refractivity contribution >= 4 is 11.8 Å². The maximum absolute atomic E-state index is 11.7. The fourth-order valence-corrected chi connectivity index (χ4v) is 1.65. The van der Waals surface area contributed by atoms with Gasteiger partial charge in [0.2, 0.25) is 11.4 Å². The molecule has 3 N–H and O–H groups in total. The van der Waals surface area contributed by atoms with Gasteiger partial charge in [0.15, 0.2) is 0 Å². The molecule has 0 atom stereocenters. The average Bonchev–Trinajstić information content (AvgIpc) is 2.63. The van der Waals surface area contributed by atoms with Gasteiger partial charge in [-0.3, -0.25) is 9.59 Å². The Morgan fingerprint density at radius 2 is 1.81 bits per heavy atom. The summed E-state index contributed by atoms with van der Waals surface area (Å²) in [5, 5.41) is 5.03. The van der Waals surface area contributed by atoms with Gasteiger partial charge < -0.3 is 10.6 Å². The summed E-state index contributed by atoms with van der Waals surface area (Å²) in [6.07, 6.45) is 0. The van der Waals surface area contributed by atoms with Crippen molar-refractivity contribution in [3.05, 3.63) is 17.2 Å². The molecule has 0 bridgehead atoms. The molecule has 0 aliphatic carbocycles. The molecule has 2 amide bonds. The van der Waals surface area contributed by atoms with E-state index < -0.39 is 0 Å². The van der Waals surface area contributed by atoms with Crippen LogP contribution in [0.2, 0.25) is 0 Å². The zero-order valence-electron chi connectivity index (χ0n) is 9.97. The molecule has 0 fully saturated rings. The number of carbonyl (C=O) groups is 2. The Labute approximate surface area is 94.0 Å². The van der Waals surface area contributed by atoms with E-state index in [2.05, 4.69) is 15.6 Å². The Hall–Kier alpha value is -1.85. The van der Waals surface area contributed by atoms with Gasteiger partial charge in [0.1, 0.15) is 0 Å². The molecule has 0 saturated carbocycles. The number of imidazole rings is 1. The minimum Gasteiger partial charge on any atom is -0.352 e. The monoisotopic (exact) mass is 225 g/mol. The first-order valence-corrected chi connectivity index (χ1v) is 5.13. The molecule has 1 rings (SSSR count). The smallest absolute Gasteiger partial charge is 0.295 e. The molecule has 0 aliphatic heterocycles. The molecule has 0 spiro atoms. The molecule has 88 valence electrons. The third-order valence-electron chi connectivity index (χ3n) is 2.43. The number of amides is 2. The molecular weight excluding hydrogens is 208 g/mol. The van der Waals surface area contributed by atoms with Crippen LogP contribution in [0.15, 0.2) is 0 Å². The first kappa shape index (κ1) is 12.2. The van der Waals surface area contributed by atoms with Crippen molar-refractivity contribution in [3.63, 3.8) is 0 Å². The van der Waals surface area contributed by atoms with Crippen LogP contribution in [0, 0.1) is 6.92 Å². The highest BCUT2D eigenvalue weighted by atomic mass is 16.2. The van der Waals surface area contributed by atoms with E-state index in [0.29, 0.717) is 17.9 Å². The lowest BCUT2D eigenvalue weighted by atomic mass is 10.3. The van der Waals surface area contributed by atoms with Crippen molar-refractivity contribution in [1.82, 2.24) is 15.6 Å². The summed E-state index contributed by atoms with van der Waals surface area (Å²) in [7, 11) is 3.07. The number of aryl methyl sites for hydroxylation is 1. The Bertz CT molecular complexity index is 423. The average molecular weight is 225 g/mol. The zero-order valence-corrected chi connectivity index (χ0v) is 9.97. The highest BCUT2D eigenvalue weighted by Crippen LogP contribution is 2.04. The van der Waals surface area contributed by atoms with E-state index in [-0.39, 0.29) is 11.8 Å². The number of hydrogen-bond acceptors (Lipinski definition) is 2. The van der Waals surface area contributed by atoms with Crippen molar-refractivity contribution in [2.75, 3.05) is 14.1 Å². The zero-order chi connectivity index (χ0) is 12.3. The molecule has 16 heavy (non-hydrogen) atoms. The number of carbonyl (C=O) groups excluding carboxylic acids is 2. The molecule has 0 saturated heterocycles. The summed E-state index contributed by atoms with van der Waals surface area (Å²) in [5.41, 5.74) is 0.656. The standard InChI is InChI=1S/C10H16N4O2/c1-5-14-6(2)13-7(9(15)11-3)8(14)10(16)12-4/h5H2,1-4H3,(H2,11,12,15,16)/p+1. The van der Waals surface area contributed by atoms with Gasteiger partial charge in [-0.2, -0.15) is 0 Å². The lowest BCUT2D eigenvalue weighted by molar-refractivity contribution is -0.700. The molecule has 6 nitrogen and oxygen atoms in total. The van der Waals surface area contributed by atoms with E-state index in [4.69, 9.17) is 0 Å². The van der Waals surface area contributed by atoms with E-state index in [0.717, 1.165) is 5.82 Å². The second kappa shape index (κ2) is 4.78. The summed E-state index contributed by atoms with van der Waals surface area (Å²) < 4.78 is 1.77. The Balaban J connectivity index is 3.38. The molecule has 1 heterocycles. The van der Waals surface area contributed by atoms with Gasteiger partial charge in [-0.15, -0.1) is 0 Å². The summed E-state index contributed by atoms with van der Waals surface area (Å²) >= 11 is 0. The first-order valence-electron chi connectivity index (χ1n) is 5.13. The minimum absolute atomic E-state index is 0.273.